The molecule has 0 bridgehead atoms. The van der Waals surface area contributed by atoms with Crippen LogP contribution in [-0.4, -0.2) is 21.4 Å². The molecule has 110 valence electrons. The number of nitrogens with zero attached hydrogens (tertiary/aromatic N) is 3. The number of nitro groups is 1. The van der Waals surface area contributed by atoms with E-state index in [1.807, 2.05) is 0 Å². The second kappa shape index (κ2) is 5.60. The third-order valence-electron chi connectivity index (χ3n) is 4.00. The third kappa shape index (κ3) is 3.15. The lowest BCUT2D eigenvalue weighted by atomic mass is 9.76. The molecule has 1 aliphatic carbocycles. The molecule has 0 aliphatic heterocycles. The van der Waals surface area contributed by atoms with Gasteiger partial charge in [-0.2, -0.15) is 4.98 Å². The number of anilines is 2. The van der Waals surface area contributed by atoms with Gasteiger partial charge in [-0.25, -0.2) is 4.98 Å². The number of nitrogens with two attached hydrogens (primary N) is 1. The zero-order valence-electron chi connectivity index (χ0n) is 12.0. The first kappa shape index (κ1) is 14.5. The minimum atomic E-state index is -0.458. The quantitative estimate of drug-likeness (QED) is 0.648. The molecule has 2 rings (SSSR count). The van der Waals surface area contributed by atoms with Crippen LogP contribution >= 0.6 is 0 Å². The van der Waals surface area contributed by atoms with Crippen LogP contribution in [0.4, 0.5) is 17.5 Å². The molecule has 7 heteroatoms. The molecule has 7 nitrogen and oxygen atoms in total. The monoisotopic (exact) mass is 279 g/mol. The molecule has 0 radical (unpaired) electrons. The number of nitrogens with one attached hydrogen (secondary N) is 1. The van der Waals surface area contributed by atoms with Gasteiger partial charge in [0, 0.05) is 6.54 Å². The van der Waals surface area contributed by atoms with Crippen molar-refractivity contribution in [1.82, 2.24) is 9.97 Å². The molecule has 1 heterocycles. The Hall–Kier alpha value is -1.92. The highest BCUT2D eigenvalue weighted by Crippen LogP contribution is 2.36. The van der Waals surface area contributed by atoms with Crippen molar-refractivity contribution in [3.8, 4) is 0 Å². The first-order valence-electron chi connectivity index (χ1n) is 6.94. The molecule has 3 N–H and O–H groups in total. The Labute approximate surface area is 118 Å². The number of nitrogen functional groups attached to an aromatic ring is 1. The molecular formula is C13H21N5O2. The maximum atomic E-state index is 11.1. The summed E-state index contributed by atoms with van der Waals surface area (Å²) in [7, 11) is 0. The van der Waals surface area contributed by atoms with Crippen molar-refractivity contribution >= 4 is 17.5 Å². The van der Waals surface area contributed by atoms with Crippen molar-refractivity contribution < 1.29 is 4.92 Å². The standard InChI is InChI=1S/C13H21N5O2/c1-9-10(18(19)20)11(17-12(14)16-9)15-8-13(2)6-4-3-5-7-13/h3-8H2,1-2H3,(H3,14,15,16,17). The molecule has 0 amide bonds. The summed E-state index contributed by atoms with van der Waals surface area (Å²) in [6.07, 6.45) is 5.96. The molecule has 0 saturated heterocycles. The van der Waals surface area contributed by atoms with Crippen molar-refractivity contribution in [1.29, 1.82) is 0 Å². The van der Waals surface area contributed by atoms with Crippen molar-refractivity contribution in [2.75, 3.05) is 17.6 Å². The molecule has 1 aliphatic rings. The zero-order chi connectivity index (χ0) is 14.8. The molecule has 1 fully saturated rings. The van der Waals surface area contributed by atoms with Gasteiger partial charge in [-0.05, 0) is 25.2 Å². The van der Waals surface area contributed by atoms with Gasteiger partial charge in [0.05, 0.1) is 4.92 Å². The lowest BCUT2D eigenvalue weighted by Gasteiger charge is -2.33. The van der Waals surface area contributed by atoms with E-state index < -0.39 is 4.92 Å². The van der Waals surface area contributed by atoms with Gasteiger partial charge < -0.3 is 11.1 Å². The second-order valence-electron chi connectivity index (χ2n) is 5.85. The first-order chi connectivity index (χ1) is 9.41. The molecule has 1 aromatic heterocycles. The Morgan fingerprint density at radius 2 is 2.00 bits per heavy atom. The predicted octanol–water partition coefficient (Wildman–Crippen LogP) is 2.66. The maximum Gasteiger partial charge on any atom is 0.332 e. The smallest absolute Gasteiger partial charge is 0.332 e. The van der Waals surface area contributed by atoms with E-state index in [1.54, 1.807) is 6.92 Å². The van der Waals surface area contributed by atoms with E-state index in [0.717, 1.165) is 12.8 Å². The second-order valence-corrected chi connectivity index (χ2v) is 5.85. The number of aromatic nitrogens is 2. The van der Waals surface area contributed by atoms with Crippen LogP contribution < -0.4 is 11.1 Å². The largest absolute Gasteiger partial charge is 0.368 e. The third-order valence-corrected chi connectivity index (χ3v) is 4.00. The number of hydrogen-bond donors (Lipinski definition) is 2. The predicted molar refractivity (Wildman–Crippen MR) is 77.5 cm³/mol. The summed E-state index contributed by atoms with van der Waals surface area (Å²) in [6, 6.07) is 0. The molecular weight excluding hydrogens is 258 g/mol. The Kier molecular flexibility index (Phi) is 4.06. The molecule has 20 heavy (non-hydrogen) atoms. The van der Waals surface area contributed by atoms with Crippen LogP contribution in [0.15, 0.2) is 0 Å². The van der Waals surface area contributed by atoms with Crippen molar-refractivity contribution in [2.24, 2.45) is 5.41 Å². The summed E-state index contributed by atoms with van der Waals surface area (Å²) in [5.41, 5.74) is 5.96. The van der Waals surface area contributed by atoms with Gasteiger partial charge >= 0.3 is 5.69 Å². The van der Waals surface area contributed by atoms with E-state index in [9.17, 15) is 10.1 Å². The van der Waals surface area contributed by atoms with E-state index in [2.05, 4.69) is 22.2 Å². The van der Waals surface area contributed by atoms with E-state index in [4.69, 9.17) is 5.73 Å². The molecule has 0 atom stereocenters. The van der Waals surface area contributed by atoms with E-state index in [0.29, 0.717) is 12.2 Å². The SMILES string of the molecule is Cc1nc(N)nc(NCC2(C)CCCCC2)c1[N+](=O)[O-]. The topological polar surface area (TPSA) is 107 Å². The molecule has 0 spiro atoms. The first-order valence-corrected chi connectivity index (χ1v) is 6.94. The van der Waals surface area contributed by atoms with Gasteiger partial charge in [0.15, 0.2) is 0 Å². The van der Waals surface area contributed by atoms with Gasteiger partial charge in [0.2, 0.25) is 11.8 Å². The number of hydrogen-bond acceptors (Lipinski definition) is 6. The molecule has 1 aromatic rings. The average Bonchev–Trinajstić information content (AvgIpc) is 2.36. The van der Waals surface area contributed by atoms with E-state index in [-0.39, 0.29) is 22.9 Å². The highest BCUT2D eigenvalue weighted by molar-refractivity contribution is 5.60. The highest BCUT2D eigenvalue weighted by Gasteiger charge is 2.28. The minimum Gasteiger partial charge on any atom is -0.368 e. The van der Waals surface area contributed by atoms with Crippen LogP contribution in [0.5, 0.6) is 0 Å². The van der Waals surface area contributed by atoms with Crippen LogP contribution in [0, 0.1) is 22.5 Å². The van der Waals surface area contributed by atoms with Crippen LogP contribution in [0.2, 0.25) is 0 Å². The normalized spacial score (nSPS) is 17.7. The summed E-state index contributed by atoms with van der Waals surface area (Å²) in [5, 5.41) is 14.2. The summed E-state index contributed by atoms with van der Waals surface area (Å²) in [6.45, 7) is 4.45. The average molecular weight is 279 g/mol. The van der Waals surface area contributed by atoms with Crippen LogP contribution in [0.3, 0.4) is 0 Å². The van der Waals surface area contributed by atoms with Gasteiger partial charge in [-0.3, -0.25) is 10.1 Å². The molecule has 0 unspecified atom stereocenters. The van der Waals surface area contributed by atoms with E-state index >= 15 is 0 Å². The van der Waals surface area contributed by atoms with Crippen LogP contribution in [0.25, 0.3) is 0 Å². The lowest BCUT2D eigenvalue weighted by molar-refractivity contribution is -0.385. The Morgan fingerprint density at radius 3 is 2.60 bits per heavy atom. The fourth-order valence-corrected chi connectivity index (χ4v) is 2.81. The van der Waals surface area contributed by atoms with Crippen molar-refractivity contribution in [2.45, 2.75) is 46.0 Å². The molecule has 1 saturated carbocycles. The van der Waals surface area contributed by atoms with Crippen molar-refractivity contribution in [3.05, 3.63) is 15.8 Å². The number of aryl methyl sites for hydroxylation is 1. The maximum absolute atomic E-state index is 11.1. The van der Waals surface area contributed by atoms with Crippen LogP contribution in [-0.2, 0) is 0 Å². The summed E-state index contributed by atoms with van der Waals surface area (Å²) in [5.74, 6) is 0.288. The minimum absolute atomic E-state index is 0.0596. The highest BCUT2D eigenvalue weighted by atomic mass is 16.6. The molecule has 0 aromatic carbocycles. The Bertz CT molecular complexity index is 512. The van der Waals surface area contributed by atoms with E-state index in [1.165, 1.54) is 19.3 Å². The lowest BCUT2D eigenvalue weighted by Crippen LogP contribution is -2.29. The fraction of sp³-hybridized carbons (Fsp3) is 0.692. The van der Waals surface area contributed by atoms with Crippen LogP contribution in [0.1, 0.15) is 44.7 Å². The number of rotatable bonds is 4. The van der Waals surface area contributed by atoms with Crippen molar-refractivity contribution in [3.63, 3.8) is 0 Å². The summed E-state index contributed by atoms with van der Waals surface area (Å²) >= 11 is 0. The summed E-state index contributed by atoms with van der Waals surface area (Å²) < 4.78 is 0. The van der Waals surface area contributed by atoms with Gasteiger partial charge in [-0.15, -0.1) is 0 Å². The van der Waals surface area contributed by atoms with Gasteiger partial charge in [0.1, 0.15) is 5.69 Å². The summed E-state index contributed by atoms with van der Waals surface area (Å²) in [4.78, 5) is 18.5. The Balaban J connectivity index is 2.18. The van der Waals surface area contributed by atoms with Gasteiger partial charge in [0.25, 0.3) is 0 Å². The fourth-order valence-electron chi connectivity index (χ4n) is 2.81. The zero-order valence-corrected chi connectivity index (χ0v) is 12.0. The van der Waals surface area contributed by atoms with Gasteiger partial charge in [-0.1, -0.05) is 26.2 Å². The Morgan fingerprint density at radius 1 is 1.35 bits per heavy atom.